The molecule has 5 nitrogen and oxygen atoms in total. The molecule has 0 saturated heterocycles. The second-order valence-electron chi connectivity index (χ2n) is 5.36. The number of nitrogens with one attached hydrogen (secondary N) is 1. The number of amides is 1. The number of pyridine rings is 1. The molecule has 6 heteroatoms. The van der Waals surface area contributed by atoms with Gasteiger partial charge in [0.05, 0.1) is 11.3 Å². The number of aromatic nitrogens is 3. The lowest BCUT2D eigenvalue weighted by molar-refractivity contribution is 0.0999. The van der Waals surface area contributed by atoms with E-state index < -0.39 is 0 Å². The fourth-order valence-corrected chi connectivity index (χ4v) is 3.36. The summed E-state index contributed by atoms with van der Waals surface area (Å²) in [7, 11) is 0. The topological polar surface area (TPSA) is 63.0 Å². The molecule has 0 saturated carbocycles. The first kappa shape index (κ1) is 14.6. The van der Waals surface area contributed by atoms with Gasteiger partial charge in [0.15, 0.2) is 4.80 Å². The Labute approximate surface area is 142 Å². The summed E-state index contributed by atoms with van der Waals surface area (Å²) in [4.78, 5) is 24.8. The maximum Gasteiger partial charge on any atom is 0.281 e. The molecule has 4 aromatic rings. The summed E-state index contributed by atoms with van der Waals surface area (Å²) in [5.74, 6) is -0.279. The highest BCUT2D eigenvalue weighted by Gasteiger charge is 2.12. The molecule has 0 unspecified atom stereocenters. The molecule has 1 amide bonds. The lowest BCUT2D eigenvalue weighted by atomic mass is 10.2. The zero-order chi connectivity index (χ0) is 16.5. The summed E-state index contributed by atoms with van der Waals surface area (Å²) in [5.41, 5.74) is 3.36. The highest BCUT2D eigenvalue weighted by Crippen LogP contribution is 2.17. The number of carbonyl (C=O) groups is 1. The number of carbonyl (C=O) groups excluding carboxylic acids is 1. The molecule has 0 aliphatic carbocycles. The van der Waals surface area contributed by atoms with Crippen LogP contribution in [0.5, 0.6) is 0 Å². The van der Waals surface area contributed by atoms with Crippen molar-refractivity contribution in [2.75, 3.05) is 0 Å². The Morgan fingerprint density at radius 3 is 3.00 bits per heavy atom. The lowest BCUT2D eigenvalue weighted by Gasteiger charge is -2.06. The van der Waals surface area contributed by atoms with Gasteiger partial charge in [-0.3, -0.25) is 9.36 Å². The van der Waals surface area contributed by atoms with Crippen LogP contribution in [0.15, 0.2) is 65.4 Å². The van der Waals surface area contributed by atoms with Crippen LogP contribution in [0.25, 0.3) is 16.7 Å². The second kappa shape index (κ2) is 5.90. The molecule has 118 valence electrons. The zero-order valence-corrected chi connectivity index (χ0v) is 13.7. The number of aromatic amines is 1. The van der Waals surface area contributed by atoms with Crippen molar-refractivity contribution in [3.05, 3.63) is 76.3 Å². The number of nitrogens with zero attached hydrogens (tertiary/aromatic N) is 3. The van der Waals surface area contributed by atoms with Crippen LogP contribution in [-0.4, -0.2) is 20.4 Å². The number of thiazole rings is 1. The molecule has 0 atom stereocenters. The maximum atomic E-state index is 12.6. The Morgan fingerprint density at radius 1 is 1.25 bits per heavy atom. The third-order valence-corrected chi connectivity index (χ3v) is 4.60. The van der Waals surface area contributed by atoms with Gasteiger partial charge in [0.1, 0.15) is 5.65 Å². The van der Waals surface area contributed by atoms with Crippen LogP contribution < -0.4 is 4.80 Å². The first-order valence-corrected chi connectivity index (χ1v) is 8.35. The van der Waals surface area contributed by atoms with Gasteiger partial charge in [-0.15, -0.1) is 11.3 Å². The normalized spacial score (nSPS) is 12.0. The van der Waals surface area contributed by atoms with Gasteiger partial charge in [-0.05, 0) is 30.7 Å². The highest BCUT2D eigenvalue weighted by atomic mass is 32.1. The Kier molecular flexibility index (Phi) is 3.59. The van der Waals surface area contributed by atoms with E-state index in [1.54, 1.807) is 12.4 Å². The average molecular weight is 334 g/mol. The largest absolute Gasteiger partial charge is 0.345 e. The van der Waals surface area contributed by atoms with Crippen LogP contribution in [0, 0.1) is 6.92 Å². The summed E-state index contributed by atoms with van der Waals surface area (Å²) < 4.78 is 1.94. The summed E-state index contributed by atoms with van der Waals surface area (Å²) >= 11 is 1.43. The van der Waals surface area contributed by atoms with E-state index in [4.69, 9.17) is 0 Å². The highest BCUT2D eigenvalue weighted by molar-refractivity contribution is 7.07. The molecule has 0 radical (unpaired) electrons. The SMILES string of the molecule is Cc1ccccc1-n1ccs/c1=N\C(=O)c1c[nH]c2ncccc12. The quantitative estimate of drug-likeness (QED) is 0.610. The fourth-order valence-electron chi connectivity index (χ4n) is 2.65. The third kappa shape index (κ3) is 2.47. The van der Waals surface area contributed by atoms with Crippen molar-refractivity contribution in [1.82, 2.24) is 14.5 Å². The average Bonchev–Trinajstić information content (AvgIpc) is 3.22. The summed E-state index contributed by atoms with van der Waals surface area (Å²) in [6, 6.07) is 11.7. The number of H-pyrrole nitrogens is 1. The predicted molar refractivity (Wildman–Crippen MR) is 94.4 cm³/mol. The second-order valence-corrected chi connectivity index (χ2v) is 6.23. The van der Waals surface area contributed by atoms with Gasteiger partial charge in [0.2, 0.25) is 0 Å². The maximum absolute atomic E-state index is 12.6. The van der Waals surface area contributed by atoms with Gasteiger partial charge in [-0.2, -0.15) is 4.99 Å². The number of para-hydroxylation sites is 1. The number of aryl methyl sites for hydroxylation is 1. The minimum Gasteiger partial charge on any atom is -0.345 e. The molecular weight excluding hydrogens is 320 g/mol. The van der Waals surface area contributed by atoms with E-state index in [1.807, 2.05) is 59.5 Å². The standard InChI is InChI=1S/C18H14N4OS/c1-12-5-2-3-7-15(12)22-9-10-24-18(22)21-17(23)14-11-20-16-13(14)6-4-8-19-16/h2-11H,1H3,(H,19,20)/b21-18-. The Bertz CT molecular complexity index is 1100. The molecule has 0 aliphatic heterocycles. The molecule has 4 rings (SSSR count). The predicted octanol–water partition coefficient (Wildman–Crippen LogP) is 3.46. The Hall–Kier alpha value is -2.99. The Morgan fingerprint density at radius 2 is 2.12 bits per heavy atom. The van der Waals surface area contributed by atoms with Gasteiger partial charge < -0.3 is 4.98 Å². The van der Waals surface area contributed by atoms with Crippen molar-refractivity contribution in [3.63, 3.8) is 0 Å². The van der Waals surface area contributed by atoms with Crippen LogP contribution in [0.4, 0.5) is 0 Å². The van der Waals surface area contributed by atoms with Gasteiger partial charge in [-0.25, -0.2) is 4.98 Å². The number of hydrogen-bond donors (Lipinski definition) is 1. The van der Waals surface area contributed by atoms with Gasteiger partial charge >= 0.3 is 0 Å². The molecule has 0 fully saturated rings. The Balaban J connectivity index is 1.81. The van der Waals surface area contributed by atoms with Gasteiger partial charge in [0, 0.05) is 29.4 Å². The van der Waals surface area contributed by atoms with Crippen LogP contribution in [-0.2, 0) is 0 Å². The van der Waals surface area contributed by atoms with Crippen molar-refractivity contribution in [1.29, 1.82) is 0 Å². The smallest absolute Gasteiger partial charge is 0.281 e. The molecule has 3 heterocycles. The lowest BCUT2D eigenvalue weighted by Crippen LogP contribution is -2.15. The van der Waals surface area contributed by atoms with E-state index in [9.17, 15) is 4.79 Å². The summed E-state index contributed by atoms with van der Waals surface area (Å²) in [6.07, 6.45) is 5.28. The van der Waals surface area contributed by atoms with Crippen LogP contribution in [0.3, 0.4) is 0 Å². The van der Waals surface area contributed by atoms with Crippen LogP contribution >= 0.6 is 11.3 Å². The molecule has 3 aromatic heterocycles. The molecule has 0 bridgehead atoms. The first-order chi connectivity index (χ1) is 11.7. The van der Waals surface area contributed by atoms with Gasteiger partial charge in [-0.1, -0.05) is 18.2 Å². The van der Waals surface area contributed by atoms with E-state index in [-0.39, 0.29) is 5.91 Å². The number of fused-ring (bicyclic) bond motifs is 1. The first-order valence-electron chi connectivity index (χ1n) is 7.47. The fraction of sp³-hybridized carbons (Fsp3) is 0.0556. The summed E-state index contributed by atoms with van der Waals surface area (Å²) in [6.45, 7) is 2.04. The van der Waals surface area contributed by atoms with E-state index >= 15 is 0 Å². The summed E-state index contributed by atoms with van der Waals surface area (Å²) in [5, 5.41) is 2.71. The number of hydrogen-bond acceptors (Lipinski definition) is 3. The van der Waals surface area contributed by atoms with Crippen LogP contribution in [0.1, 0.15) is 15.9 Å². The van der Waals surface area contributed by atoms with Crippen molar-refractivity contribution in [2.24, 2.45) is 4.99 Å². The van der Waals surface area contributed by atoms with E-state index in [2.05, 4.69) is 15.0 Å². The zero-order valence-electron chi connectivity index (χ0n) is 12.9. The minimum atomic E-state index is -0.279. The molecule has 24 heavy (non-hydrogen) atoms. The van der Waals surface area contributed by atoms with E-state index in [0.717, 1.165) is 16.6 Å². The number of rotatable bonds is 2. The number of benzene rings is 1. The van der Waals surface area contributed by atoms with Crippen molar-refractivity contribution < 1.29 is 4.79 Å². The molecule has 0 spiro atoms. The van der Waals surface area contributed by atoms with Crippen molar-refractivity contribution in [3.8, 4) is 5.69 Å². The van der Waals surface area contributed by atoms with Gasteiger partial charge in [0.25, 0.3) is 5.91 Å². The minimum absolute atomic E-state index is 0.279. The molecule has 1 N–H and O–H groups in total. The molecule has 0 aliphatic rings. The van der Waals surface area contributed by atoms with Crippen molar-refractivity contribution in [2.45, 2.75) is 6.92 Å². The molecule has 1 aromatic carbocycles. The van der Waals surface area contributed by atoms with Crippen molar-refractivity contribution >= 4 is 28.3 Å². The van der Waals surface area contributed by atoms with Crippen LogP contribution in [0.2, 0.25) is 0 Å². The monoisotopic (exact) mass is 334 g/mol. The molecular formula is C18H14N4OS. The van der Waals surface area contributed by atoms with E-state index in [0.29, 0.717) is 16.0 Å². The van der Waals surface area contributed by atoms with E-state index in [1.165, 1.54) is 11.3 Å². The third-order valence-electron chi connectivity index (χ3n) is 3.84.